The molecule has 0 aliphatic heterocycles. The Bertz CT molecular complexity index is 51.1. The summed E-state index contributed by atoms with van der Waals surface area (Å²) in [7, 11) is 0. The van der Waals surface area contributed by atoms with E-state index in [0.29, 0.717) is 0 Å². The quantitative estimate of drug-likeness (QED) is 0.457. The predicted octanol–water partition coefficient (Wildman–Crippen LogP) is 3.00. The largest absolute Gasteiger partial charge is 0.103 e. The van der Waals surface area contributed by atoms with Gasteiger partial charge in [0.05, 0.1) is 0 Å². The van der Waals surface area contributed by atoms with E-state index in [-0.39, 0.29) is 0 Å². The molecule has 0 atom stereocenters. The van der Waals surface area contributed by atoms with Gasteiger partial charge in [-0.15, -0.1) is 6.58 Å². The van der Waals surface area contributed by atoms with E-state index in [1.807, 2.05) is 6.92 Å². The van der Waals surface area contributed by atoms with E-state index in [0.717, 1.165) is 5.92 Å². The molecule has 0 saturated heterocycles. The normalized spacial score (nSPS) is 16.2. The molecule has 0 aromatic carbocycles. The van der Waals surface area contributed by atoms with E-state index in [2.05, 4.69) is 13.5 Å². The Labute approximate surface area is 52.6 Å². The first-order chi connectivity index (χ1) is 3.85. The molecule has 0 heterocycles. The van der Waals surface area contributed by atoms with Crippen LogP contribution in [0.15, 0.2) is 12.7 Å². The minimum absolute atomic E-state index is 1.13. The van der Waals surface area contributed by atoms with Crippen molar-refractivity contribution in [3.63, 3.8) is 0 Å². The molecule has 0 spiro atoms. The molecule has 48 valence electrons. The molecule has 0 bridgehead atoms. The maximum atomic E-state index is 3.36. The fourth-order valence-corrected chi connectivity index (χ4v) is 0.526. The minimum Gasteiger partial charge on any atom is -0.103 e. The molecule has 0 N–H and O–H groups in total. The van der Waals surface area contributed by atoms with Crippen molar-refractivity contribution in [3.8, 4) is 0 Å². The summed E-state index contributed by atoms with van der Waals surface area (Å²) < 4.78 is 0. The van der Waals surface area contributed by atoms with Gasteiger partial charge in [0.2, 0.25) is 0 Å². The second-order valence-corrected chi connectivity index (χ2v) is 2.26. The number of rotatable bonds is 1. The first kappa shape index (κ1) is 7.74. The monoisotopic (exact) mass is 112 g/mol. The van der Waals surface area contributed by atoms with E-state index >= 15 is 0 Å². The molecule has 0 aromatic rings. The van der Waals surface area contributed by atoms with Gasteiger partial charge in [-0.2, -0.15) is 0 Å². The molecule has 0 amide bonds. The van der Waals surface area contributed by atoms with E-state index in [1.54, 1.807) is 6.08 Å². The van der Waals surface area contributed by atoms with E-state index in [1.165, 1.54) is 19.3 Å². The third kappa shape index (κ3) is 5.74. The molecule has 1 saturated carbocycles. The van der Waals surface area contributed by atoms with Crippen LogP contribution in [0.25, 0.3) is 0 Å². The van der Waals surface area contributed by atoms with Crippen LogP contribution >= 0.6 is 0 Å². The van der Waals surface area contributed by atoms with Crippen LogP contribution in [-0.2, 0) is 0 Å². The highest BCUT2D eigenvalue weighted by atomic mass is 14.2. The van der Waals surface area contributed by atoms with Gasteiger partial charge in [0.15, 0.2) is 0 Å². The summed E-state index contributed by atoms with van der Waals surface area (Å²) in [6.45, 7) is 7.51. The minimum atomic E-state index is 1.13. The fourth-order valence-electron chi connectivity index (χ4n) is 0.526. The Balaban J connectivity index is 0.000000145. The summed E-state index contributed by atoms with van der Waals surface area (Å²) in [6.07, 6.45) is 6.19. The van der Waals surface area contributed by atoms with Crippen molar-refractivity contribution in [2.24, 2.45) is 5.92 Å². The van der Waals surface area contributed by atoms with Crippen LogP contribution < -0.4 is 0 Å². The van der Waals surface area contributed by atoms with Gasteiger partial charge in [0.25, 0.3) is 0 Å². The number of hydrogen-bond donors (Lipinski definition) is 0. The van der Waals surface area contributed by atoms with Crippen molar-refractivity contribution in [2.45, 2.75) is 33.1 Å². The lowest BCUT2D eigenvalue weighted by atomic mass is 10.3. The van der Waals surface area contributed by atoms with E-state index in [4.69, 9.17) is 0 Å². The second kappa shape index (κ2) is 4.89. The van der Waals surface area contributed by atoms with Crippen LogP contribution in [0.4, 0.5) is 0 Å². The zero-order chi connectivity index (χ0) is 6.41. The third-order valence-corrected chi connectivity index (χ3v) is 1.27. The molecule has 0 aromatic heterocycles. The van der Waals surface area contributed by atoms with Crippen LogP contribution in [-0.4, -0.2) is 0 Å². The molecule has 1 aliphatic rings. The van der Waals surface area contributed by atoms with Crippen molar-refractivity contribution in [1.82, 2.24) is 0 Å². The average molecular weight is 112 g/mol. The lowest BCUT2D eigenvalue weighted by Crippen LogP contribution is -1.59. The molecule has 8 heavy (non-hydrogen) atoms. The van der Waals surface area contributed by atoms with Crippen LogP contribution in [0.1, 0.15) is 33.1 Å². The maximum Gasteiger partial charge on any atom is -0.0417 e. The Kier molecular flexibility index (Phi) is 4.73. The molecule has 0 nitrogen and oxygen atoms in total. The standard InChI is InChI=1S/C5H10.C3H6/c1-2-5-3-4-5;1-3-2/h5H,2-4H2,1H3;3H,1H2,2H3. The highest BCUT2D eigenvalue weighted by Gasteiger charge is 2.17. The van der Waals surface area contributed by atoms with Gasteiger partial charge >= 0.3 is 0 Å². The van der Waals surface area contributed by atoms with Gasteiger partial charge in [-0.25, -0.2) is 0 Å². The lowest BCUT2D eigenvalue weighted by Gasteiger charge is -1.72. The van der Waals surface area contributed by atoms with Gasteiger partial charge in [-0.3, -0.25) is 0 Å². The summed E-state index contributed by atoms with van der Waals surface area (Å²) in [5.41, 5.74) is 0. The van der Waals surface area contributed by atoms with Crippen molar-refractivity contribution in [1.29, 1.82) is 0 Å². The lowest BCUT2D eigenvalue weighted by molar-refractivity contribution is 0.799. The highest BCUT2D eigenvalue weighted by Crippen LogP contribution is 2.31. The van der Waals surface area contributed by atoms with Gasteiger partial charge in [-0.05, 0) is 12.8 Å². The molecule has 0 radical (unpaired) electrons. The summed E-state index contributed by atoms with van der Waals surface area (Å²) in [5, 5.41) is 0. The number of hydrogen-bond acceptors (Lipinski definition) is 0. The molecule has 1 aliphatic carbocycles. The highest BCUT2D eigenvalue weighted by molar-refractivity contribution is 4.69. The average Bonchev–Trinajstić information content (AvgIpc) is 2.48. The summed E-state index contributed by atoms with van der Waals surface area (Å²) in [5.74, 6) is 1.13. The number of allylic oxidation sites excluding steroid dienone is 1. The molecule has 1 rings (SSSR count). The molecule has 0 unspecified atom stereocenters. The SMILES string of the molecule is C=CC.CCC1CC1. The Morgan fingerprint density at radius 2 is 2.00 bits per heavy atom. The van der Waals surface area contributed by atoms with Crippen molar-refractivity contribution >= 4 is 0 Å². The molecular formula is C8H16. The van der Waals surface area contributed by atoms with Gasteiger partial charge < -0.3 is 0 Å². The first-order valence-corrected chi connectivity index (χ1v) is 3.42. The fraction of sp³-hybridized carbons (Fsp3) is 0.750. The van der Waals surface area contributed by atoms with Crippen molar-refractivity contribution in [3.05, 3.63) is 12.7 Å². The van der Waals surface area contributed by atoms with Gasteiger partial charge in [-0.1, -0.05) is 32.3 Å². The maximum absolute atomic E-state index is 3.36. The van der Waals surface area contributed by atoms with Crippen molar-refractivity contribution in [2.75, 3.05) is 0 Å². The molecule has 0 heteroatoms. The van der Waals surface area contributed by atoms with Crippen molar-refractivity contribution < 1.29 is 0 Å². The third-order valence-electron chi connectivity index (χ3n) is 1.27. The summed E-state index contributed by atoms with van der Waals surface area (Å²) in [6, 6.07) is 0. The smallest absolute Gasteiger partial charge is 0.0417 e. The Hall–Kier alpha value is -0.260. The summed E-state index contributed by atoms with van der Waals surface area (Å²) in [4.78, 5) is 0. The van der Waals surface area contributed by atoms with E-state index < -0.39 is 0 Å². The zero-order valence-corrected chi connectivity index (χ0v) is 5.98. The van der Waals surface area contributed by atoms with Crippen LogP contribution in [0, 0.1) is 5.92 Å². The van der Waals surface area contributed by atoms with Crippen LogP contribution in [0.2, 0.25) is 0 Å². The zero-order valence-electron chi connectivity index (χ0n) is 5.98. The predicted molar refractivity (Wildman–Crippen MR) is 38.9 cm³/mol. The molecular weight excluding hydrogens is 96.1 g/mol. The van der Waals surface area contributed by atoms with Gasteiger partial charge in [0.1, 0.15) is 0 Å². The van der Waals surface area contributed by atoms with Crippen LogP contribution in [0.3, 0.4) is 0 Å². The van der Waals surface area contributed by atoms with Gasteiger partial charge in [0, 0.05) is 0 Å². The Morgan fingerprint density at radius 1 is 1.62 bits per heavy atom. The molecule has 1 fully saturated rings. The summed E-state index contributed by atoms with van der Waals surface area (Å²) >= 11 is 0. The Morgan fingerprint density at radius 3 is 2.00 bits per heavy atom. The topological polar surface area (TPSA) is 0 Å². The van der Waals surface area contributed by atoms with Crippen LogP contribution in [0.5, 0.6) is 0 Å². The van der Waals surface area contributed by atoms with E-state index in [9.17, 15) is 0 Å². The first-order valence-electron chi connectivity index (χ1n) is 3.42. The second-order valence-electron chi connectivity index (χ2n) is 2.26.